The summed E-state index contributed by atoms with van der Waals surface area (Å²) in [6, 6.07) is 11.2. The Morgan fingerprint density at radius 2 is 1.70 bits per heavy atom. The van der Waals surface area contributed by atoms with E-state index in [4.69, 9.17) is 9.47 Å². The maximum Gasteiger partial charge on any atom is 0.312 e. The van der Waals surface area contributed by atoms with Crippen molar-refractivity contribution in [3.05, 3.63) is 69.8 Å². The minimum Gasteiger partial charge on any atom is -0.497 e. The second-order valence-electron chi connectivity index (χ2n) is 7.32. The van der Waals surface area contributed by atoms with Gasteiger partial charge in [-0.3, -0.25) is 39.7 Å². The van der Waals surface area contributed by atoms with Crippen molar-refractivity contribution in [2.45, 2.75) is 19.4 Å². The lowest BCUT2D eigenvalue weighted by molar-refractivity contribution is -0.384. The molecular formula is C22H21N3O8. The fourth-order valence-corrected chi connectivity index (χ4v) is 3.21. The van der Waals surface area contributed by atoms with Crippen molar-refractivity contribution in [3.63, 3.8) is 0 Å². The summed E-state index contributed by atoms with van der Waals surface area (Å²) >= 11 is 0. The molecular weight excluding hydrogens is 434 g/mol. The summed E-state index contributed by atoms with van der Waals surface area (Å²) in [6.45, 7) is 1.31. The number of nitrogens with one attached hydrogen (secondary N) is 1. The molecule has 0 spiro atoms. The molecule has 0 aliphatic carbocycles. The molecule has 0 radical (unpaired) electrons. The number of non-ortho nitro benzene ring substituents is 1. The van der Waals surface area contributed by atoms with Gasteiger partial charge >= 0.3 is 5.97 Å². The third-order valence-electron chi connectivity index (χ3n) is 5.07. The second-order valence-corrected chi connectivity index (χ2v) is 7.32. The van der Waals surface area contributed by atoms with Gasteiger partial charge in [0.25, 0.3) is 11.6 Å². The molecule has 1 saturated heterocycles. The number of Topliss-reactive ketones (excluding diaryl/α,β-unsaturated/α-hetero) is 1. The second kappa shape index (κ2) is 9.90. The Balaban J connectivity index is 1.56. The average molecular weight is 455 g/mol. The van der Waals surface area contributed by atoms with Crippen molar-refractivity contribution in [3.8, 4) is 5.75 Å². The summed E-state index contributed by atoms with van der Waals surface area (Å²) in [4.78, 5) is 59.7. The van der Waals surface area contributed by atoms with Crippen molar-refractivity contribution >= 4 is 29.3 Å². The minimum absolute atomic E-state index is 0.109. The van der Waals surface area contributed by atoms with Crippen LogP contribution < -0.4 is 10.2 Å². The zero-order valence-electron chi connectivity index (χ0n) is 17.8. The highest BCUT2D eigenvalue weighted by atomic mass is 16.6. The van der Waals surface area contributed by atoms with Gasteiger partial charge in [-0.1, -0.05) is 0 Å². The number of carbonyl (C=O) groups excluding carboxylic acids is 4. The standard InChI is InChI=1S/C22H21N3O8/c1-13(20(27)14-5-9-18(32-2)10-6-14)33-22(29)16-11-19(26)24(12-16)23-21(28)15-3-7-17(8-4-15)25(30)31/h3-10,13,16H,11-12H2,1-2H3,(H,23,28)/t13-,16-/m1/s1. The first-order chi connectivity index (χ1) is 15.7. The molecule has 11 heteroatoms. The zero-order valence-corrected chi connectivity index (χ0v) is 17.8. The minimum atomic E-state index is -1.07. The number of methoxy groups -OCH3 is 1. The van der Waals surface area contributed by atoms with E-state index in [1.54, 1.807) is 24.3 Å². The maximum atomic E-state index is 12.5. The molecule has 2 atom stereocenters. The lowest BCUT2D eigenvalue weighted by atomic mass is 10.1. The maximum absolute atomic E-state index is 12.5. The number of esters is 1. The predicted octanol–water partition coefficient (Wildman–Crippen LogP) is 1.91. The van der Waals surface area contributed by atoms with Gasteiger partial charge in [0, 0.05) is 29.7 Å². The first-order valence-electron chi connectivity index (χ1n) is 9.94. The summed E-state index contributed by atoms with van der Waals surface area (Å²) in [5, 5.41) is 11.7. The Bertz CT molecular complexity index is 1080. The number of ether oxygens (including phenoxy) is 2. The topological polar surface area (TPSA) is 145 Å². The van der Waals surface area contributed by atoms with E-state index in [0.29, 0.717) is 11.3 Å². The molecule has 1 heterocycles. The Morgan fingerprint density at radius 3 is 2.27 bits per heavy atom. The molecule has 0 aromatic heterocycles. The van der Waals surface area contributed by atoms with Crippen molar-refractivity contribution in [2.75, 3.05) is 13.7 Å². The van der Waals surface area contributed by atoms with Crippen LogP contribution in [0, 0.1) is 16.0 Å². The van der Waals surface area contributed by atoms with Crippen LogP contribution in [0.15, 0.2) is 48.5 Å². The molecule has 1 N–H and O–H groups in total. The SMILES string of the molecule is COc1ccc(C(=O)[C@@H](C)OC(=O)[C@@H]2CC(=O)N(NC(=O)c3ccc([N+](=O)[O-])cc3)C2)cc1. The fraction of sp³-hybridized carbons (Fsp3) is 0.273. The van der Waals surface area contributed by atoms with E-state index in [9.17, 15) is 29.3 Å². The molecule has 2 amide bonds. The van der Waals surface area contributed by atoms with Crippen molar-refractivity contribution in [1.82, 2.24) is 10.4 Å². The van der Waals surface area contributed by atoms with E-state index in [1.165, 1.54) is 38.3 Å². The number of ketones is 1. The summed E-state index contributed by atoms with van der Waals surface area (Å²) in [5.41, 5.74) is 2.66. The Kier molecular flexibility index (Phi) is 7.01. The number of hydrazine groups is 1. The molecule has 172 valence electrons. The fourth-order valence-electron chi connectivity index (χ4n) is 3.21. The van der Waals surface area contributed by atoms with Crippen LogP contribution in [0.1, 0.15) is 34.1 Å². The van der Waals surface area contributed by atoms with E-state index in [-0.39, 0.29) is 24.2 Å². The van der Waals surface area contributed by atoms with Crippen LogP contribution >= 0.6 is 0 Å². The number of carbonyl (C=O) groups is 4. The largest absolute Gasteiger partial charge is 0.497 e. The van der Waals surface area contributed by atoms with E-state index < -0.39 is 40.5 Å². The number of rotatable bonds is 8. The van der Waals surface area contributed by atoms with Crippen LogP contribution in [0.5, 0.6) is 5.75 Å². The number of hydrogen-bond acceptors (Lipinski definition) is 8. The van der Waals surface area contributed by atoms with Crippen molar-refractivity contribution in [2.24, 2.45) is 5.92 Å². The van der Waals surface area contributed by atoms with Crippen LogP contribution in [0.3, 0.4) is 0 Å². The van der Waals surface area contributed by atoms with Gasteiger partial charge in [0.05, 0.1) is 24.5 Å². The van der Waals surface area contributed by atoms with E-state index in [2.05, 4.69) is 5.43 Å². The summed E-state index contributed by atoms with van der Waals surface area (Å²) in [5.74, 6) is -2.57. The first kappa shape index (κ1) is 23.4. The number of benzene rings is 2. The number of nitro benzene ring substituents is 1. The Morgan fingerprint density at radius 1 is 1.09 bits per heavy atom. The lowest BCUT2D eigenvalue weighted by Crippen LogP contribution is -2.43. The highest BCUT2D eigenvalue weighted by Gasteiger charge is 2.37. The van der Waals surface area contributed by atoms with E-state index in [1.807, 2.05) is 0 Å². The number of nitrogens with zero attached hydrogens (tertiary/aromatic N) is 2. The quantitative estimate of drug-likeness (QED) is 0.275. The molecule has 3 rings (SSSR count). The molecule has 1 aliphatic heterocycles. The zero-order chi connectivity index (χ0) is 24.1. The van der Waals surface area contributed by atoms with Crippen LogP contribution in [0.2, 0.25) is 0 Å². The monoisotopic (exact) mass is 455 g/mol. The lowest BCUT2D eigenvalue weighted by Gasteiger charge is -2.18. The van der Waals surface area contributed by atoms with Gasteiger partial charge in [-0.25, -0.2) is 0 Å². The average Bonchev–Trinajstić information content (AvgIpc) is 3.18. The third-order valence-corrected chi connectivity index (χ3v) is 5.07. The summed E-state index contributed by atoms with van der Waals surface area (Å²) in [7, 11) is 1.50. The number of hydrogen-bond donors (Lipinski definition) is 1. The molecule has 2 aromatic rings. The number of nitro groups is 1. The smallest absolute Gasteiger partial charge is 0.312 e. The normalized spacial score (nSPS) is 16.1. The molecule has 1 aliphatic rings. The molecule has 33 heavy (non-hydrogen) atoms. The Labute approximate surface area is 188 Å². The molecule has 0 unspecified atom stereocenters. The van der Waals surface area contributed by atoms with Gasteiger partial charge in [0.15, 0.2) is 6.10 Å². The van der Waals surface area contributed by atoms with Crippen LogP contribution in [-0.4, -0.2) is 53.3 Å². The molecule has 0 saturated carbocycles. The van der Waals surface area contributed by atoms with Crippen molar-refractivity contribution in [1.29, 1.82) is 0 Å². The third kappa shape index (κ3) is 5.50. The van der Waals surface area contributed by atoms with Crippen LogP contribution in [0.4, 0.5) is 5.69 Å². The van der Waals surface area contributed by atoms with Crippen molar-refractivity contribution < 1.29 is 33.6 Å². The Hall–Kier alpha value is -4.28. The highest BCUT2D eigenvalue weighted by molar-refractivity contribution is 6.01. The van der Waals surface area contributed by atoms with Gasteiger partial charge in [-0.15, -0.1) is 0 Å². The van der Waals surface area contributed by atoms with Gasteiger partial charge < -0.3 is 9.47 Å². The number of amides is 2. The summed E-state index contributed by atoms with van der Waals surface area (Å²) < 4.78 is 10.3. The van der Waals surface area contributed by atoms with Gasteiger partial charge in [-0.05, 0) is 43.3 Å². The van der Waals surface area contributed by atoms with Crippen LogP contribution in [0.25, 0.3) is 0 Å². The predicted molar refractivity (Wildman–Crippen MR) is 113 cm³/mol. The van der Waals surface area contributed by atoms with Gasteiger partial charge in [0.1, 0.15) is 5.75 Å². The van der Waals surface area contributed by atoms with E-state index in [0.717, 1.165) is 5.01 Å². The molecule has 1 fully saturated rings. The molecule has 2 aromatic carbocycles. The van der Waals surface area contributed by atoms with Crippen LogP contribution in [-0.2, 0) is 14.3 Å². The van der Waals surface area contributed by atoms with Gasteiger partial charge in [-0.2, -0.15) is 0 Å². The molecule has 11 nitrogen and oxygen atoms in total. The first-order valence-corrected chi connectivity index (χ1v) is 9.94. The van der Waals surface area contributed by atoms with Gasteiger partial charge in [0.2, 0.25) is 11.7 Å². The summed E-state index contributed by atoms with van der Waals surface area (Å²) in [6.07, 6.45) is -1.26. The van der Waals surface area contributed by atoms with E-state index >= 15 is 0 Å². The highest BCUT2D eigenvalue weighted by Crippen LogP contribution is 2.20. The molecule has 0 bridgehead atoms.